The van der Waals surface area contributed by atoms with E-state index in [-0.39, 0.29) is 18.6 Å². The first-order valence-electron chi connectivity index (χ1n) is 8.32. The molecule has 25 heavy (non-hydrogen) atoms. The van der Waals surface area contributed by atoms with E-state index in [2.05, 4.69) is 10.6 Å². The highest BCUT2D eigenvalue weighted by atomic mass is 19.4. The number of carbonyl (C=O) groups is 1. The number of benzene rings is 1. The van der Waals surface area contributed by atoms with Crippen molar-refractivity contribution in [2.75, 3.05) is 33.3 Å². The first-order chi connectivity index (χ1) is 11.9. The number of amides is 2. The minimum absolute atomic E-state index is 0.232. The van der Waals surface area contributed by atoms with Crippen LogP contribution in [0.1, 0.15) is 18.4 Å². The number of rotatable bonds is 7. The number of nitrogens with one attached hydrogen (secondary N) is 2. The van der Waals surface area contributed by atoms with Gasteiger partial charge in [0.15, 0.2) is 0 Å². The maximum Gasteiger partial charge on any atom is 0.401 e. The molecule has 0 spiro atoms. The molecule has 140 valence electrons. The molecule has 1 aromatic rings. The number of nitrogens with zero attached hydrogens (tertiary/aromatic N) is 1. The molecule has 1 heterocycles. The van der Waals surface area contributed by atoms with E-state index in [4.69, 9.17) is 4.74 Å². The van der Waals surface area contributed by atoms with Gasteiger partial charge in [-0.25, -0.2) is 4.79 Å². The van der Waals surface area contributed by atoms with Crippen molar-refractivity contribution in [3.63, 3.8) is 0 Å². The maximum atomic E-state index is 12.3. The van der Waals surface area contributed by atoms with Crippen molar-refractivity contribution in [1.82, 2.24) is 15.5 Å². The number of aryl methyl sites for hydroxylation is 1. The minimum Gasteiger partial charge on any atom is -0.497 e. The molecule has 5 nitrogen and oxygen atoms in total. The quantitative estimate of drug-likeness (QED) is 0.736. The average Bonchev–Trinajstić information content (AvgIpc) is 2.97. The molecule has 1 aromatic carbocycles. The first kappa shape index (κ1) is 19.4. The largest absolute Gasteiger partial charge is 0.497 e. The van der Waals surface area contributed by atoms with Crippen molar-refractivity contribution in [1.29, 1.82) is 0 Å². The van der Waals surface area contributed by atoms with E-state index in [1.807, 2.05) is 24.3 Å². The zero-order valence-electron chi connectivity index (χ0n) is 14.2. The van der Waals surface area contributed by atoms with E-state index in [1.54, 1.807) is 7.11 Å². The normalized spacial score (nSPS) is 18.2. The summed E-state index contributed by atoms with van der Waals surface area (Å²) in [5, 5.41) is 5.48. The Kier molecular flexibility index (Phi) is 6.92. The van der Waals surface area contributed by atoms with E-state index in [0.29, 0.717) is 19.5 Å². The number of urea groups is 1. The van der Waals surface area contributed by atoms with Crippen LogP contribution in [0.4, 0.5) is 18.0 Å². The summed E-state index contributed by atoms with van der Waals surface area (Å²) in [6, 6.07) is 7.18. The van der Waals surface area contributed by atoms with Crippen LogP contribution >= 0.6 is 0 Å². The van der Waals surface area contributed by atoms with Crippen LogP contribution in [0.2, 0.25) is 0 Å². The van der Waals surface area contributed by atoms with E-state index in [0.717, 1.165) is 24.2 Å². The third kappa shape index (κ3) is 7.21. The van der Waals surface area contributed by atoms with Gasteiger partial charge in [-0.05, 0) is 37.0 Å². The lowest BCUT2D eigenvalue weighted by atomic mass is 10.1. The monoisotopic (exact) mass is 359 g/mol. The van der Waals surface area contributed by atoms with Gasteiger partial charge in [-0.1, -0.05) is 12.1 Å². The predicted molar refractivity (Wildman–Crippen MR) is 88.7 cm³/mol. The molecular formula is C17H24F3N3O2. The molecule has 1 saturated heterocycles. The van der Waals surface area contributed by atoms with Gasteiger partial charge in [0.2, 0.25) is 0 Å². The van der Waals surface area contributed by atoms with Crippen LogP contribution in [0.15, 0.2) is 24.3 Å². The summed E-state index contributed by atoms with van der Waals surface area (Å²) in [6.45, 7) is 0.173. The highest BCUT2D eigenvalue weighted by molar-refractivity contribution is 5.74. The van der Waals surface area contributed by atoms with Crippen LogP contribution in [0.25, 0.3) is 0 Å². The van der Waals surface area contributed by atoms with Gasteiger partial charge < -0.3 is 15.4 Å². The van der Waals surface area contributed by atoms with Crippen LogP contribution in [0.5, 0.6) is 5.75 Å². The third-order valence-electron chi connectivity index (χ3n) is 4.10. The lowest BCUT2D eigenvalue weighted by Crippen LogP contribution is -2.44. The predicted octanol–water partition coefficient (Wildman–Crippen LogP) is 2.56. The van der Waals surface area contributed by atoms with E-state index in [9.17, 15) is 18.0 Å². The molecule has 2 rings (SSSR count). The number of likely N-dealkylation sites (tertiary alicyclic amines) is 1. The van der Waals surface area contributed by atoms with Crippen molar-refractivity contribution < 1.29 is 22.7 Å². The molecule has 0 radical (unpaired) electrons. The van der Waals surface area contributed by atoms with Crippen LogP contribution < -0.4 is 15.4 Å². The van der Waals surface area contributed by atoms with Crippen LogP contribution in [-0.4, -0.2) is 56.4 Å². The van der Waals surface area contributed by atoms with Crippen molar-refractivity contribution in [2.45, 2.75) is 31.5 Å². The molecule has 8 heteroatoms. The van der Waals surface area contributed by atoms with E-state index < -0.39 is 12.7 Å². The number of carbonyl (C=O) groups excluding carboxylic acids is 1. The Balaban J connectivity index is 1.59. The zero-order valence-corrected chi connectivity index (χ0v) is 14.2. The fourth-order valence-electron chi connectivity index (χ4n) is 2.87. The average molecular weight is 359 g/mol. The molecule has 1 fully saturated rings. The van der Waals surface area contributed by atoms with Crippen LogP contribution in [0.3, 0.4) is 0 Å². The molecule has 1 atom stereocenters. The number of ether oxygens (including phenoxy) is 1. The van der Waals surface area contributed by atoms with Crippen molar-refractivity contribution in [3.8, 4) is 5.75 Å². The van der Waals surface area contributed by atoms with E-state index in [1.165, 1.54) is 4.90 Å². The molecule has 0 bridgehead atoms. The summed E-state index contributed by atoms with van der Waals surface area (Å²) in [4.78, 5) is 13.1. The van der Waals surface area contributed by atoms with Gasteiger partial charge in [0, 0.05) is 25.7 Å². The van der Waals surface area contributed by atoms with Crippen molar-refractivity contribution >= 4 is 6.03 Å². The second-order valence-electron chi connectivity index (χ2n) is 6.19. The first-order valence-corrected chi connectivity index (χ1v) is 8.32. The fourth-order valence-corrected chi connectivity index (χ4v) is 2.87. The Morgan fingerprint density at radius 1 is 1.32 bits per heavy atom. The zero-order chi connectivity index (χ0) is 18.3. The van der Waals surface area contributed by atoms with Crippen LogP contribution in [-0.2, 0) is 6.42 Å². The molecule has 1 aliphatic rings. The molecule has 0 saturated carbocycles. The van der Waals surface area contributed by atoms with Gasteiger partial charge in [-0.2, -0.15) is 13.2 Å². The Morgan fingerprint density at radius 3 is 2.68 bits per heavy atom. The number of hydrogen-bond donors (Lipinski definition) is 2. The van der Waals surface area contributed by atoms with Gasteiger partial charge in [0.05, 0.1) is 13.7 Å². The third-order valence-corrected chi connectivity index (χ3v) is 4.10. The van der Waals surface area contributed by atoms with Gasteiger partial charge in [0.25, 0.3) is 0 Å². The highest BCUT2D eigenvalue weighted by Crippen LogP contribution is 2.19. The highest BCUT2D eigenvalue weighted by Gasteiger charge is 2.34. The van der Waals surface area contributed by atoms with Gasteiger partial charge in [-0.15, -0.1) is 0 Å². The molecule has 1 unspecified atom stereocenters. The Hall–Kier alpha value is -1.96. The summed E-state index contributed by atoms with van der Waals surface area (Å²) in [5.41, 5.74) is 1.15. The lowest BCUT2D eigenvalue weighted by molar-refractivity contribution is -0.143. The minimum atomic E-state index is -4.20. The summed E-state index contributed by atoms with van der Waals surface area (Å²) in [5.74, 6) is 0.803. The number of hydrogen-bond acceptors (Lipinski definition) is 3. The molecule has 1 aliphatic heterocycles. The number of alkyl halides is 3. The summed E-state index contributed by atoms with van der Waals surface area (Å²) >= 11 is 0. The fraction of sp³-hybridized carbons (Fsp3) is 0.588. The summed E-state index contributed by atoms with van der Waals surface area (Å²) in [7, 11) is 1.62. The topological polar surface area (TPSA) is 53.6 Å². The van der Waals surface area contributed by atoms with Crippen molar-refractivity contribution in [2.24, 2.45) is 0 Å². The molecular weight excluding hydrogens is 335 g/mol. The lowest BCUT2D eigenvalue weighted by Gasteiger charge is -2.18. The molecule has 0 aromatic heterocycles. The van der Waals surface area contributed by atoms with Crippen LogP contribution in [0, 0.1) is 0 Å². The van der Waals surface area contributed by atoms with Gasteiger partial charge in [0.1, 0.15) is 5.75 Å². The van der Waals surface area contributed by atoms with Gasteiger partial charge >= 0.3 is 12.2 Å². The Bertz CT molecular complexity index is 549. The Morgan fingerprint density at radius 2 is 2.04 bits per heavy atom. The number of methoxy groups -OCH3 is 1. The maximum absolute atomic E-state index is 12.3. The summed E-state index contributed by atoms with van der Waals surface area (Å²) in [6.07, 6.45) is -2.05. The molecule has 2 amide bonds. The molecule has 2 N–H and O–H groups in total. The Labute approximate surface area is 145 Å². The summed E-state index contributed by atoms with van der Waals surface area (Å²) < 4.78 is 42.1. The standard InChI is InChI=1S/C17H24F3N3O2/c1-25-15-6-4-13(5-7-15)3-2-9-21-16(24)22-14-8-10-23(11-14)12-17(18,19)20/h4-7,14H,2-3,8-12H2,1H3,(H2,21,22,24). The second-order valence-corrected chi connectivity index (χ2v) is 6.19. The smallest absolute Gasteiger partial charge is 0.401 e. The van der Waals surface area contributed by atoms with E-state index >= 15 is 0 Å². The molecule has 0 aliphatic carbocycles. The van der Waals surface area contributed by atoms with Crippen molar-refractivity contribution in [3.05, 3.63) is 29.8 Å². The second kappa shape index (κ2) is 8.94. The van der Waals surface area contributed by atoms with Gasteiger partial charge in [-0.3, -0.25) is 4.90 Å². The number of halogens is 3. The SMILES string of the molecule is COc1ccc(CCCNC(=O)NC2CCN(CC(F)(F)F)C2)cc1.